The van der Waals surface area contributed by atoms with E-state index in [1.54, 1.807) is 0 Å². The summed E-state index contributed by atoms with van der Waals surface area (Å²) in [6, 6.07) is 0. The molecule has 1 fully saturated rings. The molecular weight excluding hydrogens is 218 g/mol. The van der Waals surface area contributed by atoms with Crippen LogP contribution >= 0.6 is 34.8 Å². The van der Waals surface area contributed by atoms with Crippen LogP contribution in [-0.4, -0.2) is 5.24 Å². The molecule has 0 N–H and O–H groups in total. The summed E-state index contributed by atoms with van der Waals surface area (Å²) in [4.78, 5) is 10.9. The van der Waals surface area contributed by atoms with E-state index in [1.165, 1.54) is 5.54 Å². The Morgan fingerprint density at radius 3 is 2.08 bits per heavy atom. The van der Waals surface area contributed by atoms with Gasteiger partial charge < -0.3 is 0 Å². The number of allylic oxidation sites excluding steroid dienone is 1. The van der Waals surface area contributed by atoms with E-state index in [9.17, 15) is 4.79 Å². The molecule has 2 atom stereocenters. The van der Waals surface area contributed by atoms with Crippen molar-refractivity contribution in [3.8, 4) is 0 Å². The Kier molecular flexibility index (Phi) is 2.77. The highest BCUT2D eigenvalue weighted by molar-refractivity contribution is 6.64. The fourth-order valence-electron chi connectivity index (χ4n) is 1.64. The van der Waals surface area contributed by atoms with Gasteiger partial charge in [0.15, 0.2) is 0 Å². The van der Waals surface area contributed by atoms with E-state index < -0.39 is 0 Å². The van der Waals surface area contributed by atoms with E-state index in [-0.39, 0.29) is 22.5 Å². The molecule has 12 heavy (non-hydrogen) atoms. The molecule has 1 aliphatic rings. The van der Waals surface area contributed by atoms with Gasteiger partial charge in [-0.3, -0.25) is 4.79 Å². The molecule has 1 saturated carbocycles. The van der Waals surface area contributed by atoms with Crippen LogP contribution < -0.4 is 0 Å². The fraction of sp³-hybridized carbons (Fsp3) is 0.625. The lowest BCUT2D eigenvalue weighted by Crippen LogP contribution is -1.96. The number of carbonyl (C=O) groups is 1. The molecule has 2 unspecified atom stereocenters. The quantitative estimate of drug-likeness (QED) is 0.661. The minimum atomic E-state index is -0.332. The predicted octanol–water partition coefficient (Wildman–Crippen LogP) is 3.34. The molecule has 0 aromatic carbocycles. The van der Waals surface area contributed by atoms with E-state index in [0.717, 1.165) is 0 Å². The van der Waals surface area contributed by atoms with Crippen LogP contribution in [0.2, 0.25) is 0 Å². The average Bonchev–Trinajstić information content (AvgIpc) is 2.52. The van der Waals surface area contributed by atoms with Crippen LogP contribution in [0.4, 0.5) is 0 Å². The zero-order valence-electron chi connectivity index (χ0n) is 6.77. The Hall–Kier alpha value is 0.280. The molecule has 0 spiro atoms. The summed E-state index contributed by atoms with van der Waals surface area (Å²) < 4.78 is 0. The first-order valence-corrected chi connectivity index (χ1v) is 4.77. The Balaban J connectivity index is 2.80. The van der Waals surface area contributed by atoms with Crippen molar-refractivity contribution in [2.24, 2.45) is 17.3 Å². The molecule has 0 saturated heterocycles. The summed E-state index contributed by atoms with van der Waals surface area (Å²) in [5.41, 5.74) is 1.16. The maximum Gasteiger partial charge on any atom is 0.225 e. The highest BCUT2D eigenvalue weighted by atomic mass is 35.5. The van der Waals surface area contributed by atoms with Crippen molar-refractivity contribution in [1.29, 1.82) is 0 Å². The molecule has 68 valence electrons. The van der Waals surface area contributed by atoms with Gasteiger partial charge in [0.2, 0.25) is 5.24 Å². The first-order chi connectivity index (χ1) is 5.42. The molecule has 0 bridgehead atoms. The smallest absolute Gasteiger partial charge is 0.225 e. The molecule has 0 heterocycles. The zero-order valence-corrected chi connectivity index (χ0v) is 9.04. The average molecular weight is 228 g/mol. The van der Waals surface area contributed by atoms with Crippen LogP contribution in [0.1, 0.15) is 13.8 Å². The molecule has 0 aliphatic heterocycles. The van der Waals surface area contributed by atoms with Crippen molar-refractivity contribution in [2.75, 3.05) is 0 Å². The Bertz CT molecular complexity index is 245. The van der Waals surface area contributed by atoms with Gasteiger partial charge in [0, 0.05) is 22.4 Å². The Morgan fingerprint density at radius 1 is 1.33 bits per heavy atom. The van der Waals surface area contributed by atoms with Crippen molar-refractivity contribution < 1.29 is 4.79 Å². The standard InChI is InChI=1S/C8H9Cl3O/c1-8(2)5(4(10)3-9)6(8)7(11)12/h3,5-6H,1-2H3. The van der Waals surface area contributed by atoms with E-state index in [0.29, 0.717) is 5.03 Å². The molecule has 0 amide bonds. The molecular formula is C8H9Cl3O. The van der Waals surface area contributed by atoms with E-state index in [4.69, 9.17) is 34.8 Å². The SMILES string of the molecule is CC1(C)C(C(=O)Cl)C1C(Cl)=CCl. The third-order valence-electron chi connectivity index (χ3n) is 2.47. The molecule has 1 nitrogen and oxygen atoms in total. The lowest BCUT2D eigenvalue weighted by atomic mass is 10.1. The van der Waals surface area contributed by atoms with Gasteiger partial charge in [0.25, 0.3) is 0 Å². The lowest BCUT2D eigenvalue weighted by Gasteiger charge is -1.98. The number of rotatable bonds is 2. The molecule has 4 heteroatoms. The molecule has 1 aliphatic carbocycles. The number of hydrogen-bond acceptors (Lipinski definition) is 1. The summed E-state index contributed by atoms with van der Waals surface area (Å²) in [5.74, 6) is -0.177. The minimum absolute atomic E-state index is 0.00154. The maximum atomic E-state index is 10.9. The van der Waals surface area contributed by atoms with Gasteiger partial charge in [-0.15, -0.1) is 0 Å². The second kappa shape index (κ2) is 3.21. The molecule has 1 rings (SSSR count). The largest absolute Gasteiger partial charge is 0.281 e. The van der Waals surface area contributed by atoms with Gasteiger partial charge in [-0.1, -0.05) is 37.0 Å². The van der Waals surface area contributed by atoms with Crippen molar-refractivity contribution in [1.82, 2.24) is 0 Å². The Morgan fingerprint density at radius 2 is 1.83 bits per heavy atom. The third kappa shape index (κ3) is 1.50. The van der Waals surface area contributed by atoms with Crippen LogP contribution in [0.5, 0.6) is 0 Å². The monoisotopic (exact) mass is 226 g/mol. The van der Waals surface area contributed by atoms with Crippen LogP contribution in [0.3, 0.4) is 0 Å². The van der Waals surface area contributed by atoms with Gasteiger partial charge in [-0.25, -0.2) is 0 Å². The first-order valence-electron chi connectivity index (χ1n) is 3.58. The maximum absolute atomic E-state index is 10.9. The van der Waals surface area contributed by atoms with Crippen molar-refractivity contribution in [3.05, 3.63) is 10.6 Å². The van der Waals surface area contributed by atoms with E-state index >= 15 is 0 Å². The minimum Gasteiger partial charge on any atom is -0.281 e. The van der Waals surface area contributed by atoms with Gasteiger partial charge in [-0.2, -0.15) is 0 Å². The number of hydrogen-bond donors (Lipinski definition) is 0. The van der Waals surface area contributed by atoms with Gasteiger partial charge in [0.05, 0.1) is 0 Å². The third-order valence-corrected chi connectivity index (χ3v) is 3.40. The fourth-order valence-corrected chi connectivity index (χ4v) is 2.59. The highest BCUT2D eigenvalue weighted by Crippen LogP contribution is 2.63. The van der Waals surface area contributed by atoms with Crippen LogP contribution in [0.25, 0.3) is 0 Å². The van der Waals surface area contributed by atoms with Gasteiger partial charge in [-0.05, 0) is 17.0 Å². The molecule has 0 radical (unpaired) electrons. The van der Waals surface area contributed by atoms with Crippen LogP contribution in [-0.2, 0) is 4.79 Å². The lowest BCUT2D eigenvalue weighted by molar-refractivity contribution is -0.113. The summed E-state index contributed by atoms with van der Waals surface area (Å²) in [5, 5.41) is 0.183. The number of carbonyl (C=O) groups excluding carboxylic acids is 1. The van der Waals surface area contributed by atoms with Crippen LogP contribution in [0, 0.1) is 17.3 Å². The van der Waals surface area contributed by atoms with Crippen molar-refractivity contribution >= 4 is 40.0 Å². The summed E-state index contributed by atoms with van der Waals surface area (Å²) in [7, 11) is 0. The van der Waals surface area contributed by atoms with Crippen LogP contribution in [0.15, 0.2) is 10.6 Å². The van der Waals surface area contributed by atoms with Gasteiger partial charge in [0.1, 0.15) is 0 Å². The molecule has 0 aromatic heterocycles. The second-order valence-electron chi connectivity index (χ2n) is 3.57. The van der Waals surface area contributed by atoms with E-state index in [2.05, 4.69) is 0 Å². The zero-order chi connectivity index (χ0) is 9.52. The highest BCUT2D eigenvalue weighted by Gasteiger charge is 2.62. The summed E-state index contributed by atoms with van der Waals surface area (Å²) in [6.07, 6.45) is 0. The Labute approximate surface area is 86.7 Å². The van der Waals surface area contributed by atoms with E-state index in [1.807, 2.05) is 13.8 Å². The normalized spacial score (nSPS) is 33.2. The first kappa shape index (κ1) is 10.4. The molecule has 0 aromatic rings. The second-order valence-corrected chi connectivity index (χ2v) is 4.60. The van der Waals surface area contributed by atoms with Crippen molar-refractivity contribution in [2.45, 2.75) is 13.8 Å². The van der Waals surface area contributed by atoms with Crippen molar-refractivity contribution in [3.63, 3.8) is 0 Å². The summed E-state index contributed by atoms with van der Waals surface area (Å²) in [6.45, 7) is 3.90. The summed E-state index contributed by atoms with van der Waals surface area (Å²) >= 11 is 16.6. The van der Waals surface area contributed by atoms with Gasteiger partial charge >= 0.3 is 0 Å². The predicted molar refractivity (Wildman–Crippen MR) is 51.4 cm³/mol. The number of halogens is 3. The topological polar surface area (TPSA) is 17.1 Å².